The summed E-state index contributed by atoms with van der Waals surface area (Å²) >= 11 is 0. The Kier molecular flexibility index (Phi) is 3.58. The van der Waals surface area contributed by atoms with Gasteiger partial charge in [-0.1, -0.05) is 30.3 Å². The van der Waals surface area contributed by atoms with Crippen LogP contribution in [0, 0.1) is 17.0 Å². The number of hydrogen-bond acceptors (Lipinski definition) is 4. The fraction of sp³-hybridized carbons (Fsp3) is 0.294. The zero-order valence-corrected chi connectivity index (χ0v) is 12.4. The summed E-state index contributed by atoms with van der Waals surface area (Å²) in [6.07, 6.45) is 1.45. The largest absolute Gasteiger partial charge is 0.383 e. The Morgan fingerprint density at radius 3 is 2.86 bits per heavy atom. The zero-order chi connectivity index (χ0) is 15.7. The van der Waals surface area contributed by atoms with E-state index in [1.54, 1.807) is 6.07 Å². The highest BCUT2D eigenvalue weighted by Crippen LogP contribution is 2.37. The predicted octanol–water partition coefficient (Wildman–Crippen LogP) is 3.15. The van der Waals surface area contributed by atoms with Gasteiger partial charge in [-0.25, -0.2) is 0 Å². The lowest BCUT2D eigenvalue weighted by Gasteiger charge is -2.25. The SMILES string of the molecule is Cc1ccc(NCC2(O)CCc3ccccc32)c([N+](=O)[O-])c1. The molecular formula is C17H18N2O3. The predicted molar refractivity (Wildman–Crippen MR) is 85.0 cm³/mol. The average Bonchev–Trinajstić information content (AvgIpc) is 2.84. The van der Waals surface area contributed by atoms with Crippen molar-refractivity contribution < 1.29 is 10.0 Å². The van der Waals surface area contributed by atoms with Crippen LogP contribution in [0.5, 0.6) is 0 Å². The Balaban J connectivity index is 1.83. The van der Waals surface area contributed by atoms with Gasteiger partial charge in [0, 0.05) is 12.6 Å². The van der Waals surface area contributed by atoms with Crippen LogP contribution in [0.4, 0.5) is 11.4 Å². The number of benzene rings is 2. The first kappa shape index (κ1) is 14.5. The fourth-order valence-corrected chi connectivity index (χ4v) is 3.04. The maximum absolute atomic E-state index is 11.2. The standard InChI is InChI=1S/C17H18N2O3/c1-12-6-7-15(16(10-12)19(21)22)18-11-17(20)9-8-13-4-2-3-5-14(13)17/h2-7,10,18,20H,8-9,11H2,1H3. The summed E-state index contributed by atoms with van der Waals surface area (Å²) in [6.45, 7) is 2.07. The highest BCUT2D eigenvalue weighted by Gasteiger charge is 2.36. The maximum Gasteiger partial charge on any atom is 0.292 e. The molecular weight excluding hydrogens is 280 g/mol. The molecule has 0 saturated carbocycles. The van der Waals surface area contributed by atoms with Gasteiger partial charge < -0.3 is 10.4 Å². The second-order valence-electron chi connectivity index (χ2n) is 5.82. The third kappa shape index (κ3) is 2.55. The molecule has 0 heterocycles. The number of aliphatic hydroxyl groups is 1. The molecule has 0 spiro atoms. The average molecular weight is 298 g/mol. The summed E-state index contributed by atoms with van der Waals surface area (Å²) in [5.41, 5.74) is 2.39. The molecule has 3 rings (SSSR count). The van der Waals surface area contributed by atoms with Crippen molar-refractivity contribution >= 4 is 11.4 Å². The Morgan fingerprint density at radius 2 is 2.09 bits per heavy atom. The van der Waals surface area contributed by atoms with E-state index < -0.39 is 10.5 Å². The van der Waals surface area contributed by atoms with Crippen LogP contribution in [-0.2, 0) is 12.0 Å². The van der Waals surface area contributed by atoms with Crippen LogP contribution in [0.25, 0.3) is 0 Å². The number of fused-ring (bicyclic) bond motifs is 1. The van der Waals surface area contributed by atoms with E-state index in [-0.39, 0.29) is 12.2 Å². The first-order valence-electron chi connectivity index (χ1n) is 7.29. The molecule has 0 radical (unpaired) electrons. The molecule has 1 unspecified atom stereocenters. The molecule has 22 heavy (non-hydrogen) atoms. The van der Waals surface area contributed by atoms with E-state index in [4.69, 9.17) is 0 Å². The van der Waals surface area contributed by atoms with Crippen LogP contribution < -0.4 is 5.32 Å². The van der Waals surface area contributed by atoms with Crippen molar-refractivity contribution in [2.24, 2.45) is 0 Å². The molecule has 0 fully saturated rings. The minimum absolute atomic E-state index is 0.0369. The topological polar surface area (TPSA) is 75.4 Å². The number of nitrogens with zero attached hydrogens (tertiary/aromatic N) is 1. The van der Waals surface area contributed by atoms with Crippen molar-refractivity contribution in [2.75, 3.05) is 11.9 Å². The summed E-state index contributed by atoms with van der Waals surface area (Å²) in [4.78, 5) is 10.8. The molecule has 2 N–H and O–H groups in total. The van der Waals surface area contributed by atoms with Gasteiger partial charge >= 0.3 is 0 Å². The summed E-state index contributed by atoms with van der Waals surface area (Å²) in [5, 5.41) is 25.1. The number of hydrogen-bond donors (Lipinski definition) is 2. The van der Waals surface area contributed by atoms with Crippen LogP contribution >= 0.6 is 0 Å². The fourth-order valence-electron chi connectivity index (χ4n) is 3.04. The van der Waals surface area contributed by atoms with Gasteiger partial charge in [-0.05, 0) is 42.5 Å². The summed E-state index contributed by atoms with van der Waals surface area (Å²) in [7, 11) is 0. The minimum atomic E-state index is -0.977. The molecule has 2 aromatic carbocycles. The van der Waals surface area contributed by atoms with E-state index in [9.17, 15) is 15.2 Å². The van der Waals surface area contributed by atoms with Crippen molar-refractivity contribution in [1.29, 1.82) is 0 Å². The van der Waals surface area contributed by atoms with Crippen LogP contribution in [0.1, 0.15) is 23.1 Å². The number of nitrogens with one attached hydrogen (secondary N) is 1. The maximum atomic E-state index is 11.2. The third-order valence-electron chi connectivity index (χ3n) is 4.25. The summed E-state index contributed by atoms with van der Waals surface area (Å²) in [6, 6.07) is 12.9. The zero-order valence-electron chi connectivity index (χ0n) is 12.4. The summed E-state index contributed by atoms with van der Waals surface area (Å²) < 4.78 is 0. The highest BCUT2D eigenvalue weighted by molar-refractivity contribution is 5.62. The third-order valence-corrected chi connectivity index (χ3v) is 4.25. The van der Waals surface area contributed by atoms with Crippen molar-refractivity contribution in [3.63, 3.8) is 0 Å². The van der Waals surface area contributed by atoms with Gasteiger partial charge in [0.15, 0.2) is 0 Å². The van der Waals surface area contributed by atoms with Crippen LogP contribution in [0.3, 0.4) is 0 Å². The lowest BCUT2D eigenvalue weighted by atomic mass is 9.96. The van der Waals surface area contributed by atoms with Gasteiger partial charge in [0.05, 0.1) is 4.92 Å². The van der Waals surface area contributed by atoms with Crippen LogP contribution in [0.15, 0.2) is 42.5 Å². The van der Waals surface area contributed by atoms with Gasteiger partial charge in [-0.3, -0.25) is 10.1 Å². The molecule has 0 aromatic heterocycles. The molecule has 0 amide bonds. The second kappa shape index (κ2) is 5.42. The molecule has 1 aliphatic rings. The number of nitro benzene ring substituents is 1. The number of rotatable bonds is 4. The van der Waals surface area contributed by atoms with E-state index in [0.717, 1.165) is 23.1 Å². The van der Waals surface area contributed by atoms with E-state index in [0.29, 0.717) is 12.1 Å². The second-order valence-corrected chi connectivity index (χ2v) is 5.82. The van der Waals surface area contributed by atoms with E-state index in [2.05, 4.69) is 5.32 Å². The molecule has 0 bridgehead atoms. The molecule has 5 heteroatoms. The van der Waals surface area contributed by atoms with E-state index in [1.807, 2.05) is 37.3 Å². The molecule has 0 saturated heterocycles. The molecule has 1 atom stereocenters. The van der Waals surface area contributed by atoms with E-state index in [1.165, 1.54) is 6.07 Å². The van der Waals surface area contributed by atoms with Crippen molar-refractivity contribution in [2.45, 2.75) is 25.4 Å². The Labute approximate surface area is 128 Å². The molecule has 114 valence electrons. The molecule has 5 nitrogen and oxygen atoms in total. The van der Waals surface area contributed by atoms with Gasteiger partial charge in [0.25, 0.3) is 5.69 Å². The van der Waals surface area contributed by atoms with Gasteiger partial charge in [-0.15, -0.1) is 0 Å². The minimum Gasteiger partial charge on any atom is -0.383 e. The number of nitro groups is 1. The Hall–Kier alpha value is -2.40. The van der Waals surface area contributed by atoms with Crippen LogP contribution in [-0.4, -0.2) is 16.6 Å². The monoisotopic (exact) mass is 298 g/mol. The normalized spacial score (nSPS) is 19.7. The first-order chi connectivity index (χ1) is 10.5. The highest BCUT2D eigenvalue weighted by atomic mass is 16.6. The number of aryl methyl sites for hydroxylation is 2. The van der Waals surface area contributed by atoms with E-state index >= 15 is 0 Å². The van der Waals surface area contributed by atoms with Gasteiger partial charge in [0.1, 0.15) is 11.3 Å². The van der Waals surface area contributed by atoms with Crippen LogP contribution in [0.2, 0.25) is 0 Å². The molecule has 1 aliphatic carbocycles. The molecule has 0 aliphatic heterocycles. The lowest BCUT2D eigenvalue weighted by molar-refractivity contribution is -0.384. The Bertz CT molecular complexity index is 730. The molecule has 2 aromatic rings. The lowest BCUT2D eigenvalue weighted by Crippen LogP contribution is -2.31. The smallest absolute Gasteiger partial charge is 0.292 e. The quantitative estimate of drug-likeness (QED) is 0.671. The van der Waals surface area contributed by atoms with Crippen molar-refractivity contribution in [3.8, 4) is 0 Å². The van der Waals surface area contributed by atoms with Gasteiger partial charge in [-0.2, -0.15) is 0 Å². The van der Waals surface area contributed by atoms with Crippen molar-refractivity contribution in [3.05, 3.63) is 69.3 Å². The number of anilines is 1. The Morgan fingerprint density at radius 1 is 1.32 bits per heavy atom. The summed E-state index contributed by atoms with van der Waals surface area (Å²) in [5.74, 6) is 0. The van der Waals surface area contributed by atoms with Crippen molar-refractivity contribution in [1.82, 2.24) is 0 Å². The first-order valence-corrected chi connectivity index (χ1v) is 7.29. The van der Waals surface area contributed by atoms with Gasteiger partial charge in [0.2, 0.25) is 0 Å².